The number of phenols is 3. The normalized spacial score (nSPS) is 11.1. The van der Waals surface area contributed by atoms with Crippen LogP contribution in [0.1, 0.15) is 0 Å². The first-order chi connectivity index (χ1) is 20.5. The number of aromatic hydroxyl groups is 3. The van der Waals surface area contributed by atoms with Gasteiger partial charge in [-0.25, -0.2) is 15.0 Å². The van der Waals surface area contributed by atoms with Crippen molar-refractivity contribution in [2.24, 2.45) is 0 Å². The van der Waals surface area contributed by atoms with Crippen LogP contribution in [0, 0.1) is 0 Å². The molecule has 0 amide bonds. The zero-order chi connectivity index (χ0) is 28.6. The van der Waals surface area contributed by atoms with Crippen LogP contribution in [0.3, 0.4) is 0 Å². The Morgan fingerprint density at radius 2 is 0.548 bits per heavy atom. The van der Waals surface area contributed by atoms with E-state index in [0.717, 1.165) is 46.0 Å². The van der Waals surface area contributed by atoms with Crippen molar-refractivity contribution in [3.05, 3.63) is 109 Å². The van der Waals surface area contributed by atoms with Gasteiger partial charge in [0.05, 0.1) is 14.6 Å². The van der Waals surface area contributed by atoms with E-state index in [4.69, 9.17) is 15.0 Å². The highest BCUT2D eigenvalue weighted by molar-refractivity contribution is 7.19. The van der Waals surface area contributed by atoms with E-state index >= 15 is 0 Å². The van der Waals surface area contributed by atoms with Crippen molar-refractivity contribution in [3.63, 3.8) is 0 Å². The average Bonchev–Trinajstić information content (AvgIpc) is 3.80. The summed E-state index contributed by atoms with van der Waals surface area (Å²) in [6.07, 6.45) is 0. The van der Waals surface area contributed by atoms with Crippen LogP contribution in [0.2, 0.25) is 0 Å². The topological polar surface area (TPSA) is 99.4 Å². The van der Waals surface area contributed by atoms with Crippen molar-refractivity contribution in [2.45, 2.75) is 0 Å². The minimum absolute atomic E-state index is 0.229. The molecule has 0 spiro atoms. The molecule has 7 rings (SSSR count). The van der Waals surface area contributed by atoms with E-state index in [2.05, 4.69) is 0 Å². The van der Waals surface area contributed by atoms with Gasteiger partial charge >= 0.3 is 0 Å². The molecule has 0 atom stereocenters. The second kappa shape index (κ2) is 10.9. The first-order valence-corrected chi connectivity index (χ1v) is 15.4. The Kier molecular flexibility index (Phi) is 6.75. The van der Waals surface area contributed by atoms with Crippen molar-refractivity contribution < 1.29 is 15.3 Å². The quantitative estimate of drug-likeness (QED) is 0.175. The van der Waals surface area contributed by atoms with Crippen LogP contribution in [0.4, 0.5) is 0 Å². The summed E-state index contributed by atoms with van der Waals surface area (Å²) in [5.74, 6) is 2.45. The molecule has 3 N–H and O–H groups in total. The number of benzene rings is 3. The highest BCUT2D eigenvalue weighted by atomic mass is 32.1. The Bertz CT molecular complexity index is 1760. The van der Waals surface area contributed by atoms with Gasteiger partial charge in [0.15, 0.2) is 17.5 Å². The molecule has 6 nitrogen and oxygen atoms in total. The van der Waals surface area contributed by atoms with E-state index in [0.29, 0.717) is 17.5 Å². The fourth-order valence-electron chi connectivity index (χ4n) is 4.42. The lowest BCUT2D eigenvalue weighted by Crippen LogP contribution is -1.97. The molecule has 0 aliphatic rings. The number of thiophene rings is 3. The fraction of sp³-hybridized carbons (Fsp3) is 0. The monoisotopic (exact) mass is 603 g/mol. The molecule has 0 aliphatic carbocycles. The van der Waals surface area contributed by atoms with Gasteiger partial charge in [0.1, 0.15) is 17.2 Å². The van der Waals surface area contributed by atoms with Crippen LogP contribution in [-0.2, 0) is 0 Å². The summed E-state index contributed by atoms with van der Waals surface area (Å²) in [7, 11) is 0. The lowest BCUT2D eigenvalue weighted by Gasteiger charge is -2.05. The summed E-state index contributed by atoms with van der Waals surface area (Å²) in [4.78, 5) is 20.6. The number of phenolic OH excluding ortho intramolecular Hbond substituents is 3. The molecule has 204 valence electrons. The molecule has 7 aromatic rings. The molecule has 9 heteroatoms. The molecular weight excluding hydrogens is 583 g/mol. The third-order valence-electron chi connectivity index (χ3n) is 6.57. The molecule has 0 aliphatic heterocycles. The zero-order valence-electron chi connectivity index (χ0n) is 21.8. The summed E-state index contributed by atoms with van der Waals surface area (Å²) < 4.78 is 0. The second-order valence-electron chi connectivity index (χ2n) is 9.44. The number of rotatable bonds is 6. The van der Waals surface area contributed by atoms with Crippen LogP contribution in [0.25, 0.3) is 63.4 Å². The standard InChI is InChI=1S/C33H21N3O3S3/c37-22-7-1-19(2-8-22)25-13-16-28(40-25)31-34-32(29-17-14-26(41-29)20-3-9-23(38)10-4-20)36-33(35-31)30-18-15-27(42-30)21-5-11-24(39)12-6-21/h1-18,37-39H. The summed E-state index contributed by atoms with van der Waals surface area (Å²) in [6.45, 7) is 0. The van der Waals surface area contributed by atoms with Crippen molar-refractivity contribution in [1.29, 1.82) is 0 Å². The number of aromatic nitrogens is 3. The maximum absolute atomic E-state index is 9.69. The smallest absolute Gasteiger partial charge is 0.174 e. The Balaban J connectivity index is 1.31. The van der Waals surface area contributed by atoms with E-state index in [1.165, 1.54) is 0 Å². The predicted molar refractivity (Wildman–Crippen MR) is 171 cm³/mol. The molecule has 4 heterocycles. The number of nitrogens with zero attached hydrogens (tertiary/aromatic N) is 3. The van der Waals surface area contributed by atoms with E-state index in [-0.39, 0.29) is 17.2 Å². The van der Waals surface area contributed by atoms with Crippen molar-refractivity contribution in [1.82, 2.24) is 15.0 Å². The molecule has 0 saturated heterocycles. The van der Waals surface area contributed by atoms with Crippen molar-refractivity contribution in [3.8, 4) is 80.7 Å². The van der Waals surface area contributed by atoms with E-state index in [1.807, 2.05) is 72.8 Å². The van der Waals surface area contributed by atoms with Gasteiger partial charge in [-0.15, -0.1) is 34.0 Å². The van der Waals surface area contributed by atoms with E-state index in [9.17, 15) is 15.3 Å². The van der Waals surface area contributed by atoms with Gasteiger partial charge in [-0.3, -0.25) is 0 Å². The van der Waals surface area contributed by atoms with Crippen LogP contribution >= 0.6 is 34.0 Å². The molecule has 0 bridgehead atoms. The molecular formula is C33H21N3O3S3. The van der Waals surface area contributed by atoms with Gasteiger partial charge in [-0.05, 0) is 126 Å². The van der Waals surface area contributed by atoms with Gasteiger partial charge in [-0.1, -0.05) is 0 Å². The highest BCUT2D eigenvalue weighted by Gasteiger charge is 2.17. The summed E-state index contributed by atoms with van der Waals surface area (Å²) >= 11 is 4.75. The van der Waals surface area contributed by atoms with Gasteiger partial charge < -0.3 is 15.3 Å². The largest absolute Gasteiger partial charge is 0.508 e. The summed E-state index contributed by atoms with van der Waals surface area (Å²) in [5, 5.41) is 29.1. The molecule has 42 heavy (non-hydrogen) atoms. The minimum Gasteiger partial charge on any atom is -0.508 e. The van der Waals surface area contributed by atoms with Gasteiger partial charge in [-0.2, -0.15) is 0 Å². The molecule has 0 saturated carbocycles. The third-order valence-corrected chi connectivity index (χ3v) is 9.96. The van der Waals surface area contributed by atoms with E-state index in [1.54, 1.807) is 70.4 Å². The molecule has 4 aromatic heterocycles. The first-order valence-electron chi connectivity index (χ1n) is 12.9. The van der Waals surface area contributed by atoms with Crippen LogP contribution < -0.4 is 0 Å². The molecule has 0 fully saturated rings. The van der Waals surface area contributed by atoms with Crippen LogP contribution in [0.5, 0.6) is 17.2 Å². The van der Waals surface area contributed by atoms with Crippen LogP contribution in [-0.4, -0.2) is 30.3 Å². The molecule has 0 unspecified atom stereocenters. The third kappa shape index (κ3) is 5.28. The highest BCUT2D eigenvalue weighted by Crippen LogP contribution is 2.39. The average molecular weight is 604 g/mol. The lowest BCUT2D eigenvalue weighted by molar-refractivity contribution is 0.475. The fourth-order valence-corrected chi connectivity index (χ4v) is 7.26. The van der Waals surface area contributed by atoms with E-state index < -0.39 is 0 Å². The van der Waals surface area contributed by atoms with Gasteiger partial charge in [0.25, 0.3) is 0 Å². The Labute approximate surface area is 253 Å². The lowest BCUT2D eigenvalue weighted by atomic mass is 10.2. The predicted octanol–water partition coefficient (Wildman–Crippen LogP) is 9.17. The SMILES string of the molecule is Oc1ccc(-c2ccc(-c3nc(-c4ccc(-c5ccc(O)cc5)s4)nc(-c4ccc(-c5ccc(O)cc5)s4)n3)s2)cc1. The summed E-state index contributed by atoms with van der Waals surface area (Å²) in [6, 6.07) is 33.6. The second-order valence-corrected chi connectivity index (χ2v) is 12.7. The Morgan fingerprint density at radius 1 is 0.310 bits per heavy atom. The maximum atomic E-state index is 9.69. The zero-order valence-corrected chi connectivity index (χ0v) is 24.2. The molecule has 0 radical (unpaired) electrons. The number of hydrogen-bond acceptors (Lipinski definition) is 9. The van der Waals surface area contributed by atoms with Crippen molar-refractivity contribution in [2.75, 3.05) is 0 Å². The minimum atomic E-state index is 0.229. The Hall–Kier alpha value is -4.83. The summed E-state index contributed by atoms with van der Waals surface area (Å²) in [5.41, 5.74) is 3.02. The number of hydrogen-bond donors (Lipinski definition) is 3. The first kappa shape index (κ1) is 26.1. The maximum Gasteiger partial charge on any atom is 0.174 e. The Morgan fingerprint density at radius 3 is 0.810 bits per heavy atom. The molecule has 3 aromatic carbocycles. The van der Waals surface area contributed by atoms with Crippen LogP contribution in [0.15, 0.2) is 109 Å². The van der Waals surface area contributed by atoms with Gasteiger partial charge in [0, 0.05) is 14.6 Å². The van der Waals surface area contributed by atoms with Gasteiger partial charge in [0.2, 0.25) is 0 Å². The van der Waals surface area contributed by atoms with Crippen molar-refractivity contribution >= 4 is 34.0 Å².